The van der Waals surface area contributed by atoms with Crippen LogP contribution in [0.4, 0.5) is 0 Å². The minimum absolute atomic E-state index is 0.0255. The van der Waals surface area contributed by atoms with Crippen LogP contribution in [-0.4, -0.2) is 57.4 Å². The third-order valence-electron chi connectivity index (χ3n) is 5.13. The summed E-state index contributed by atoms with van der Waals surface area (Å²) in [6, 6.07) is 16.5. The molecule has 26 heavy (non-hydrogen) atoms. The molecule has 2 heterocycles. The maximum atomic E-state index is 12.6. The first-order valence-electron chi connectivity index (χ1n) is 8.91. The molecule has 1 atom stereocenters. The zero-order chi connectivity index (χ0) is 18.1. The molecule has 0 bridgehead atoms. The molecule has 0 spiro atoms. The van der Waals surface area contributed by atoms with Crippen LogP contribution in [0.5, 0.6) is 0 Å². The molecule has 1 aromatic heterocycles. The SMILES string of the molecule is CN(CC1Cc2ccccc2CN1C)C(=O)Cn1nc2ccccc2n1. The maximum Gasteiger partial charge on any atom is 0.245 e. The zero-order valence-corrected chi connectivity index (χ0v) is 15.2. The molecule has 134 valence electrons. The molecule has 0 aliphatic carbocycles. The largest absolute Gasteiger partial charge is 0.343 e. The van der Waals surface area contributed by atoms with Crippen LogP contribution in [0.2, 0.25) is 0 Å². The molecule has 0 saturated carbocycles. The number of carbonyl (C=O) groups is 1. The summed E-state index contributed by atoms with van der Waals surface area (Å²) in [5.74, 6) is 0.0255. The van der Waals surface area contributed by atoms with Crippen molar-refractivity contribution in [1.82, 2.24) is 24.8 Å². The second-order valence-corrected chi connectivity index (χ2v) is 7.04. The van der Waals surface area contributed by atoms with Gasteiger partial charge in [-0.25, -0.2) is 0 Å². The van der Waals surface area contributed by atoms with Gasteiger partial charge in [-0.1, -0.05) is 36.4 Å². The predicted molar refractivity (Wildman–Crippen MR) is 101 cm³/mol. The summed E-state index contributed by atoms with van der Waals surface area (Å²) in [5.41, 5.74) is 4.39. The van der Waals surface area contributed by atoms with Crippen LogP contribution in [0.1, 0.15) is 11.1 Å². The van der Waals surface area contributed by atoms with Crippen molar-refractivity contribution >= 4 is 16.9 Å². The van der Waals surface area contributed by atoms with Crippen LogP contribution in [0.3, 0.4) is 0 Å². The Balaban J connectivity index is 1.41. The molecule has 6 nitrogen and oxygen atoms in total. The van der Waals surface area contributed by atoms with Crippen LogP contribution in [0.15, 0.2) is 48.5 Å². The number of carbonyl (C=O) groups excluding carboxylic acids is 1. The van der Waals surface area contributed by atoms with E-state index >= 15 is 0 Å². The number of hydrogen-bond acceptors (Lipinski definition) is 4. The second-order valence-electron chi connectivity index (χ2n) is 7.04. The lowest BCUT2D eigenvalue weighted by atomic mass is 9.94. The van der Waals surface area contributed by atoms with Crippen LogP contribution in [-0.2, 0) is 24.3 Å². The van der Waals surface area contributed by atoms with Crippen molar-refractivity contribution in [1.29, 1.82) is 0 Å². The molecule has 0 fully saturated rings. The lowest BCUT2D eigenvalue weighted by molar-refractivity contribution is -0.131. The van der Waals surface area contributed by atoms with Gasteiger partial charge in [-0.2, -0.15) is 15.0 Å². The fourth-order valence-corrected chi connectivity index (χ4v) is 3.56. The summed E-state index contributed by atoms with van der Waals surface area (Å²) in [6.07, 6.45) is 0.966. The number of amides is 1. The fraction of sp³-hybridized carbons (Fsp3) is 0.350. The molecule has 6 heteroatoms. The molecule has 1 unspecified atom stereocenters. The minimum Gasteiger partial charge on any atom is -0.343 e. The predicted octanol–water partition coefficient (Wildman–Crippen LogP) is 1.95. The van der Waals surface area contributed by atoms with Gasteiger partial charge in [0.05, 0.1) is 0 Å². The maximum absolute atomic E-state index is 12.6. The van der Waals surface area contributed by atoms with E-state index in [1.165, 1.54) is 15.9 Å². The quantitative estimate of drug-likeness (QED) is 0.722. The summed E-state index contributed by atoms with van der Waals surface area (Å²) in [7, 11) is 3.99. The van der Waals surface area contributed by atoms with Crippen molar-refractivity contribution < 1.29 is 4.79 Å². The van der Waals surface area contributed by atoms with Gasteiger partial charge in [0.25, 0.3) is 0 Å². The molecule has 3 aromatic rings. The Morgan fingerprint density at radius 3 is 2.38 bits per heavy atom. The van der Waals surface area contributed by atoms with E-state index in [1.807, 2.05) is 31.3 Å². The fourth-order valence-electron chi connectivity index (χ4n) is 3.56. The highest BCUT2D eigenvalue weighted by Gasteiger charge is 2.25. The van der Waals surface area contributed by atoms with Crippen LogP contribution in [0.25, 0.3) is 11.0 Å². The van der Waals surface area contributed by atoms with Crippen molar-refractivity contribution in [3.05, 3.63) is 59.7 Å². The van der Waals surface area contributed by atoms with E-state index in [0.29, 0.717) is 12.6 Å². The molecule has 1 aliphatic heterocycles. The summed E-state index contributed by atoms with van der Waals surface area (Å²) < 4.78 is 0. The molecule has 0 N–H and O–H groups in total. The third kappa shape index (κ3) is 3.32. The molecular formula is C20H23N5O. The number of fused-ring (bicyclic) bond motifs is 2. The van der Waals surface area contributed by atoms with Crippen molar-refractivity contribution in [2.24, 2.45) is 0 Å². The van der Waals surface area contributed by atoms with E-state index in [2.05, 4.69) is 46.4 Å². The second kappa shape index (κ2) is 6.88. The van der Waals surface area contributed by atoms with Gasteiger partial charge in [-0.3, -0.25) is 9.69 Å². The van der Waals surface area contributed by atoms with Gasteiger partial charge in [0.2, 0.25) is 5.91 Å². The van der Waals surface area contributed by atoms with Gasteiger partial charge in [0, 0.05) is 26.2 Å². The summed E-state index contributed by atoms with van der Waals surface area (Å²) in [5, 5.41) is 8.75. The smallest absolute Gasteiger partial charge is 0.245 e. The first-order valence-corrected chi connectivity index (χ1v) is 8.91. The number of benzene rings is 2. The average molecular weight is 349 g/mol. The normalized spacial score (nSPS) is 17.2. The summed E-state index contributed by atoms with van der Waals surface area (Å²) in [4.78, 5) is 18.2. The first kappa shape index (κ1) is 16.7. The highest BCUT2D eigenvalue weighted by atomic mass is 16.2. The van der Waals surface area contributed by atoms with Crippen molar-refractivity contribution in [3.63, 3.8) is 0 Å². The topological polar surface area (TPSA) is 54.3 Å². The summed E-state index contributed by atoms with van der Waals surface area (Å²) >= 11 is 0. The van der Waals surface area contributed by atoms with E-state index in [0.717, 1.165) is 24.0 Å². The number of rotatable bonds is 4. The average Bonchev–Trinajstić information content (AvgIpc) is 3.04. The molecule has 4 rings (SSSR count). The molecular weight excluding hydrogens is 326 g/mol. The van der Waals surface area contributed by atoms with E-state index in [4.69, 9.17) is 0 Å². The molecule has 1 aliphatic rings. The lowest BCUT2D eigenvalue weighted by Crippen LogP contribution is -2.46. The Kier molecular flexibility index (Phi) is 4.42. The van der Waals surface area contributed by atoms with Gasteiger partial charge in [0.1, 0.15) is 17.6 Å². The van der Waals surface area contributed by atoms with Gasteiger partial charge in [-0.05, 0) is 36.7 Å². The highest BCUT2D eigenvalue weighted by molar-refractivity contribution is 5.77. The Morgan fingerprint density at radius 2 is 1.69 bits per heavy atom. The molecule has 2 aromatic carbocycles. The van der Waals surface area contributed by atoms with Crippen molar-refractivity contribution in [2.45, 2.75) is 25.6 Å². The molecule has 0 saturated heterocycles. The Hall–Kier alpha value is -2.73. The van der Waals surface area contributed by atoms with E-state index < -0.39 is 0 Å². The zero-order valence-electron chi connectivity index (χ0n) is 15.2. The van der Waals surface area contributed by atoms with E-state index in [1.54, 1.807) is 4.90 Å². The van der Waals surface area contributed by atoms with E-state index in [9.17, 15) is 4.79 Å². The van der Waals surface area contributed by atoms with Gasteiger partial charge < -0.3 is 4.90 Å². The number of aromatic nitrogens is 3. The van der Waals surface area contributed by atoms with Gasteiger partial charge in [0.15, 0.2) is 0 Å². The van der Waals surface area contributed by atoms with Crippen LogP contribution >= 0.6 is 0 Å². The summed E-state index contributed by atoms with van der Waals surface area (Å²) in [6.45, 7) is 1.79. The van der Waals surface area contributed by atoms with Crippen molar-refractivity contribution in [3.8, 4) is 0 Å². The monoisotopic (exact) mass is 349 g/mol. The van der Waals surface area contributed by atoms with Crippen LogP contribution < -0.4 is 0 Å². The van der Waals surface area contributed by atoms with Crippen molar-refractivity contribution in [2.75, 3.05) is 20.6 Å². The first-order chi connectivity index (χ1) is 12.6. The number of hydrogen-bond donors (Lipinski definition) is 0. The Morgan fingerprint density at radius 1 is 1.08 bits per heavy atom. The van der Waals surface area contributed by atoms with Crippen LogP contribution in [0, 0.1) is 0 Å². The third-order valence-corrected chi connectivity index (χ3v) is 5.13. The van der Waals surface area contributed by atoms with Gasteiger partial charge >= 0.3 is 0 Å². The van der Waals surface area contributed by atoms with E-state index in [-0.39, 0.29) is 12.5 Å². The highest BCUT2D eigenvalue weighted by Crippen LogP contribution is 2.22. The molecule has 0 radical (unpaired) electrons. The molecule has 1 amide bonds. The Labute approximate surface area is 153 Å². The lowest BCUT2D eigenvalue weighted by Gasteiger charge is -2.36. The standard InChI is InChI=1S/C20H23N5O/c1-23-12-16-8-4-3-7-15(16)11-17(23)13-24(2)20(26)14-25-21-18-9-5-6-10-19(18)22-25/h3-10,17H,11-14H2,1-2H3. The number of likely N-dealkylation sites (N-methyl/N-ethyl adjacent to an activating group) is 2. The Bertz CT molecular complexity index is 902. The number of nitrogens with zero attached hydrogens (tertiary/aromatic N) is 5. The van der Waals surface area contributed by atoms with Gasteiger partial charge in [-0.15, -0.1) is 0 Å². The minimum atomic E-state index is 0.0255.